The molecule has 0 saturated carbocycles. The lowest BCUT2D eigenvalue weighted by atomic mass is 10.1. The predicted molar refractivity (Wildman–Crippen MR) is 91.8 cm³/mol. The van der Waals surface area contributed by atoms with Gasteiger partial charge in [0.2, 0.25) is 0 Å². The van der Waals surface area contributed by atoms with E-state index < -0.39 is 36.8 Å². The minimum atomic E-state index is -1.32. The van der Waals surface area contributed by atoms with Gasteiger partial charge in [0, 0.05) is 19.3 Å². The summed E-state index contributed by atoms with van der Waals surface area (Å²) in [5, 5.41) is 28.9. The molecule has 1 saturated heterocycles. The third-order valence-corrected chi connectivity index (χ3v) is 3.98. The van der Waals surface area contributed by atoms with E-state index in [1.165, 1.54) is 12.3 Å². The van der Waals surface area contributed by atoms with E-state index in [1.54, 1.807) is 6.34 Å². The Morgan fingerprint density at radius 2 is 2.00 bits per heavy atom. The minimum Gasteiger partial charge on any atom is -0.394 e. The zero-order chi connectivity index (χ0) is 18.4. The molecule has 0 radical (unpaired) electrons. The Balaban J connectivity index is 2.14. The van der Waals surface area contributed by atoms with E-state index in [4.69, 9.17) is 9.84 Å². The summed E-state index contributed by atoms with van der Waals surface area (Å²) in [5.74, 6) is 0.255. The van der Waals surface area contributed by atoms with Crippen LogP contribution in [0.25, 0.3) is 0 Å². The first-order chi connectivity index (χ1) is 12.0. The molecule has 9 heteroatoms. The van der Waals surface area contributed by atoms with Crippen LogP contribution in [0.2, 0.25) is 0 Å². The summed E-state index contributed by atoms with van der Waals surface area (Å²) < 4.78 is 6.41. The first-order valence-corrected chi connectivity index (χ1v) is 8.51. The molecule has 0 amide bonds. The van der Waals surface area contributed by atoms with Crippen molar-refractivity contribution in [2.24, 2.45) is 4.99 Å². The molecule has 1 aliphatic heterocycles. The van der Waals surface area contributed by atoms with Crippen LogP contribution < -0.4 is 5.69 Å². The highest BCUT2D eigenvalue weighted by molar-refractivity contribution is 5.59. The highest BCUT2D eigenvalue weighted by atomic mass is 16.6. The first-order valence-electron chi connectivity index (χ1n) is 8.51. The van der Waals surface area contributed by atoms with Gasteiger partial charge in [0.15, 0.2) is 12.0 Å². The molecule has 1 fully saturated rings. The topological polar surface area (TPSA) is 120 Å². The van der Waals surface area contributed by atoms with Gasteiger partial charge in [-0.2, -0.15) is 4.98 Å². The van der Waals surface area contributed by atoms with Crippen molar-refractivity contribution in [1.29, 1.82) is 0 Å². The van der Waals surface area contributed by atoms with Gasteiger partial charge < -0.3 is 25.0 Å². The average Bonchev–Trinajstić information content (AvgIpc) is 2.88. The Hall–Kier alpha value is -1.81. The van der Waals surface area contributed by atoms with E-state index in [1.807, 2.05) is 0 Å². The maximum absolute atomic E-state index is 12.2. The van der Waals surface area contributed by atoms with Crippen LogP contribution in [0.4, 0.5) is 5.82 Å². The van der Waals surface area contributed by atoms with Crippen molar-refractivity contribution in [3.8, 4) is 0 Å². The Morgan fingerprint density at radius 1 is 1.32 bits per heavy atom. The lowest BCUT2D eigenvalue weighted by Gasteiger charge is -2.18. The number of aliphatic hydroxyl groups excluding tert-OH is 3. The van der Waals surface area contributed by atoms with Crippen LogP contribution in [0.3, 0.4) is 0 Å². The number of rotatable bonds is 8. The molecule has 1 aromatic rings. The van der Waals surface area contributed by atoms with Crippen molar-refractivity contribution >= 4 is 12.2 Å². The minimum absolute atomic E-state index is 0.255. The summed E-state index contributed by atoms with van der Waals surface area (Å²) in [6.45, 7) is 5.45. The Labute approximate surface area is 146 Å². The number of nitrogens with zero attached hydrogens (tertiary/aromatic N) is 4. The van der Waals surface area contributed by atoms with Crippen LogP contribution in [0.1, 0.15) is 32.9 Å². The van der Waals surface area contributed by atoms with E-state index in [0.717, 1.165) is 30.5 Å². The fraction of sp³-hybridized carbons (Fsp3) is 0.688. The summed E-state index contributed by atoms with van der Waals surface area (Å²) in [7, 11) is 0. The Bertz CT molecular complexity index is 629. The van der Waals surface area contributed by atoms with Gasteiger partial charge in [-0.25, -0.2) is 9.79 Å². The number of hydrogen-bond acceptors (Lipinski definition) is 7. The number of aliphatic imine (C=N–C) groups is 1. The van der Waals surface area contributed by atoms with Gasteiger partial charge in [-0.3, -0.25) is 4.57 Å². The standard InChI is InChI=1S/C16H26N4O5/c1-3-6-19(7-4-2)10-17-12-5-8-20(16(24)18-12)15-14(23)13(22)11(9-21)25-15/h5,8,10-11,13-15,21-23H,3-4,6-7,9H2,1-2H3/t11-,13-,14+,15-/m1/s1. The summed E-state index contributed by atoms with van der Waals surface area (Å²) in [5.41, 5.74) is -0.651. The van der Waals surface area contributed by atoms with Gasteiger partial charge in [-0.1, -0.05) is 13.8 Å². The number of aromatic nitrogens is 2. The fourth-order valence-corrected chi connectivity index (χ4v) is 2.72. The molecule has 3 N–H and O–H groups in total. The third-order valence-electron chi connectivity index (χ3n) is 3.98. The first kappa shape index (κ1) is 19.5. The van der Waals surface area contributed by atoms with Crippen molar-refractivity contribution < 1.29 is 20.1 Å². The monoisotopic (exact) mass is 354 g/mol. The molecule has 2 heterocycles. The van der Waals surface area contributed by atoms with Gasteiger partial charge in [0.25, 0.3) is 0 Å². The molecule has 0 spiro atoms. The molecular formula is C16H26N4O5. The molecule has 9 nitrogen and oxygen atoms in total. The van der Waals surface area contributed by atoms with E-state index in [9.17, 15) is 15.0 Å². The smallest absolute Gasteiger partial charge is 0.351 e. The van der Waals surface area contributed by atoms with Crippen LogP contribution >= 0.6 is 0 Å². The predicted octanol–water partition coefficient (Wildman–Crippen LogP) is -0.363. The molecule has 25 heavy (non-hydrogen) atoms. The van der Waals surface area contributed by atoms with Crippen molar-refractivity contribution in [3.05, 3.63) is 22.7 Å². The second-order valence-electron chi connectivity index (χ2n) is 5.98. The zero-order valence-electron chi connectivity index (χ0n) is 14.5. The van der Waals surface area contributed by atoms with Crippen LogP contribution in [0, 0.1) is 0 Å². The SMILES string of the molecule is CCCN(C=Nc1ccn([C@@H]2O[C@H](CO)[C@@H](O)[C@@H]2O)c(=O)n1)CCC. The molecule has 140 valence electrons. The average molecular weight is 354 g/mol. The van der Waals surface area contributed by atoms with Crippen LogP contribution in [0.15, 0.2) is 22.1 Å². The van der Waals surface area contributed by atoms with Crippen molar-refractivity contribution in [1.82, 2.24) is 14.5 Å². The molecule has 0 aliphatic carbocycles. The summed E-state index contributed by atoms with van der Waals surface area (Å²) in [6.07, 6.45) is 0.436. The quantitative estimate of drug-likeness (QED) is 0.430. The third kappa shape index (κ3) is 4.63. The van der Waals surface area contributed by atoms with E-state index in [-0.39, 0.29) is 5.82 Å². The number of hydrogen-bond donors (Lipinski definition) is 3. The number of ether oxygens (including phenoxy) is 1. The molecule has 0 unspecified atom stereocenters. The lowest BCUT2D eigenvalue weighted by molar-refractivity contribution is -0.0549. The summed E-state index contributed by atoms with van der Waals surface area (Å²) in [4.78, 5) is 22.3. The van der Waals surface area contributed by atoms with E-state index >= 15 is 0 Å². The van der Waals surface area contributed by atoms with Gasteiger partial charge in [0.1, 0.15) is 18.3 Å². The van der Waals surface area contributed by atoms with E-state index in [2.05, 4.69) is 28.7 Å². The van der Waals surface area contributed by atoms with Crippen molar-refractivity contribution in [2.45, 2.75) is 51.2 Å². The van der Waals surface area contributed by atoms with Crippen LogP contribution in [-0.2, 0) is 4.74 Å². The largest absolute Gasteiger partial charge is 0.394 e. The fourth-order valence-electron chi connectivity index (χ4n) is 2.72. The highest BCUT2D eigenvalue weighted by Gasteiger charge is 2.43. The number of aliphatic hydroxyl groups is 3. The molecular weight excluding hydrogens is 328 g/mol. The zero-order valence-corrected chi connectivity index (χ0v) is 14.5. The van der Waals surface area contributed by atoms with Crippen LogP contribution in [0.5, 0.6) is 0 Å². The molecule has 0 aromatic carbocycles. The molecule has 4 atom stereocenters. The molecule has 2 rings (SSSR count). The van der Waals surface area contributed by atoms with Gasteiger partial charge in [-0.05, 0) is 18.9 Å². The van der Waals surface area contributed by atoms with Crippen LogP contribution in [-0.4, -0.2) is 74.1 Å². The Kier molecular flexibility index (Phi) is 7.06. The molecule has 1 aliphatic rings. The maximum Gasteiger partial charge on any atom is 0.351 e. The molecule has 0 bridgehead atoms. The lowest BCUT2D eigenvalue weighted by Crippen LogP contribution is -2.35. The molecule has 1 aromatic heterocycles. The van der Waals surface area contributed by atoms with Gasteiger partial charge in [0.05, 0.1) is 12.9 Å². The van der Waals surface area contributed by atoms with Crippen molar-refractivity contribution in [2.75, 3.05) is 19.7 Å². The normalized spacial score (nSPS) is 26.4. The van der Waals surface area contributed by atoms with Gasteiger partial charge >= 0.3 is 5.69 Å². The second kappa shape index (κ2) is 9.04. The van der Waals surface area contributed by atoms with Gasteiger partial charge in [-0.15, -0.1) is 0 Å². The summed E-state index contributed by atoms with van der Waals surface area (Å²) in [6, 6.07) is 1.53. The maximum atomic E-state index is 12.2. The van der Waals surface area contributed by atoms with Crippen molar-refractivity contribution in [3.63, 3.8) is 0 Å². The Morgan fingerprint density at radius 3 is 2.52 bits per heavy atom. The second-order valence-corrected chi connectivity index (χ2v) is 5.98. The summed E-state index contributed by atoms with van der Waals surface area (Å²) >= 11 is 0. The van der Waals surface area contributed by atoms with E-state index in [0.29, 0.717) is 0 Å². The highest BCUT2D eigenvalue weighted by Crippen LogP contribution is 2.28.